The third-order valence-electron chi connectivity index (χ3n) is 2.59. The Morgan fingerprint density at radius 1 is 1.45 bits per heavy atom. The third kappa shape index (κ3) is 3.31. The van der Waals surface area contributed by atoms with Crippen molar-refractivity contribution in [2.75, 3.05) is 7.11 Å². The van der Waals surface area contributed by atoms with Gasteiger partial charge >= 0.3 is 0 Å². The standard InChI is InChI=1S/C13H16N4O3/c1-8(2)13-16-10(17-20-13)7-15-12(18)9-4-5-11(19-3)14-6-9/h4-6,8H,7H2,1-3H3,(H,15,18). The predicted molar refractivity (Wildman–Crippen MR) is 70.3 cm³/mol. The number of hydrogen-bond donors (Lipinski definition) is 1. The highest BCUT2D eigenvalue weighted by Gasteiger charge is 2.11. The molecule has 2 heterocycles. The smallest absolute Gasteiger partial charge is 0.253 e. The molecular formula is C13H16N4O3. The molecule has 7 heteroatoms. The van der Waals surface area contributed by atoms with E-state index in [2.05, 4.69) is 20.4 Å². The number of hydrogen-bond acceptors (Lipinski definition) is 6. The van der Waals surface area contributed by atoms with E-state index in [9.17, 15) is 4.79 Å². The highest BCUT2D eigenvalue weighted by molar-refractivity contribution is 5.93. The van der Waals surface area contributed by atoms with E-state index in [1.54, 1.807) is 12.1 Å². The molecule has 0 spiro atoms. The number of pyridine rings is 1. The molecule has 2 aromatic rings. The van der Waals surface area contributed by atoms with Gasteiger partial charge in [-0.25, -0.2) is 4.98 Å². The van der Waals surface area contributed by atoms with Crippen LogP contribution in [0.4, 0.5) is 0 Å². The van der Waals surface area contributed by atoms with E-state index in [-0.39, 0.29) is 18.4 Å². The van der Waals surface area contributed by atoms with E-state index >= 15 is 0 Å². The monoisotopic (exact) mass is 276 g/mol. The van der Waals surface area contributed by atoms with E-state index in [1.807, 2.05) is 13.8 Å². The molecular weight excluding hydrogens is 260 g/mol. The maximum Gasteiger partial charge on any atom is 0.253 e. The average molecular weight is 276 g/mol. The van der Waals surface area contributed by atoms with Gasteiger partial charge in [0.2, 0.25) is 11.8 Å². The number of amides is 1. The molecule has 0 saturated carbocycles. The summed E-state index contributed by atoms with van der Waals surface area (Å²) in [5.41, 5.74) is 0.443. The maximum atomic E-state index is 11.9. The Balaban J connectivity index is 1.93. The van der Waals surface area contributed by atoms with Gasteiger partial charge in [0.15, 0.2) is 5.82 Å². The molecule has 0 unspecified atom stereocenters. The Morgan fingerprint density at radius 2 is 2.25 bits per heavy atom. The second-order valence-electron chi connectivity index (χ2n) is 4.48. The van der Waals surface area contributed by atoms with Gasteiger partial charge in [-0.1, -0.05) is 19.0 Å². The van der Waals surface area contributed by atoms with Crippen molar-refractivity contribution < 1.29 is 14.1 Å². The molecule has 106 valence electrons. The summed E-state index contributed by atoms with van der Waals surface area (Å²) in [6.07, 6.45) is 1.45. The third-order valence-corrected chi connectivity index (χ3v) is 2.59. The summed E-state index contributed by atoms with van der Waals surface area (Å²) >= 11 is 0. The Hall–Kier alpha value is -2.44. The van der Waals surface area contributed by atoms with Crippen molar-refractivity contribution in [2.24, 2.45) is 0 Å². The molecule has 0 aliphatic carbocycles. The first-order chi connectivity index (χ1) is 9.60. The van der Waals surface area contributed by atoms with E-state index in [1.165, 1.54) is 13.3 Å². The van der Waals surface area contributed by atoms with Crippen LogP contribution in [0.1, 0.15) is 41.8 Å². The number of nitrogens with zero attached hydrogens (tertiary/aromatic N) is 3. The zero-order chi connectivity index (χ0) is 14.5. The minimum absolute atomic E-state index is 0.165. The van der Waals surface area contributed by atoms with Crippen LogP contribution >= 0.6 is 0 Å². The molecule has 0 aliphatic rings. The van der Waals surface area contributed by atoms with Crippen molar-refractivity contribution in [3.05, 3.63) is 35.6 Å². The SMILES string of the molecule is COc1ccc(C(=O)NCc2noc(C(C)C)n2)cn1. The molecule has 7 nitrogen and oxygen atoms in total. The van der Waals surface area contributed by atoms with Crippen molar-refractivity contribution in [2.45, 2.75) is 26.3 Å². The van der Waals surface area contributed by atoms with Crippen molar-refractivity contribution in [1.29, 1.82) is 0 Å². The fourth-order valence-corrected chi connectivity index (χ4v) is 1.47. The van der Waals surface area contributed by atoms with Gasteiger partial charge < -0.3 is 14.6 Å². The van der Waals surface area contributed by atoms with E-state index in [0.717, 1.165) is 0 Å². The Kier molecular flexibility index (Phi) is 4.29. The van der Waals surface area contributed by atoms with Gasteiger partial charge in [0.1, 0.15) is 0 Å². The fourth-order valence-electron chi connectivity index (χ4n) is 1.47. The lowest BCUT2D eigenvalue weighted by molar-refractivity contribution is 0.0949. The minimum Gasteiger partial charge on any atom is -0.481 e. The summed E-state index contributed by atoms with van der Waals surface area (Å²) in [6, 6.07) is 3.26. The topological polar surface area (TPSA) is 90.1 Å². The van der Waals surface area contributed by atoms with Gasteiger partial charge in [-0.05, 0) is 6.07 Å². The van der Waals surface area contributed by atoms with Crippen molar-refractivity contribution in [1.82, 2.24) is 20.4 Å². The quantitative estimate of drug-likeness (QED) is 0.890. The maximum absolute atomic E-state index is 11.9. The highest BCUT2D eigenvalue weighted by atomic mass is 16.5. The number of rotatable bonds is 5. The molecule has 20 heavy (non-hydrogen) atoms. The van der Waals surface area contributed by atoms with Crippen LogP contribution in [-0.4, -0.2) is 28.1 Å². The van der Waals surface area contributed by atoms with Crippen LogP contribution in [0.5, 0.6) is 5.88 Å². The molecule has 2 aromatic heterocycles. The van der Waals surface area contributed by atoms with Gasteiger partial charge in [0, 0.05) is 18.2 Å². The van der Waals surface area contributed by atoms with E-state index in [0.29, 0.717) is 23.2 Å². The largest absolute Gasteiger partial charge is 0.481 e. The van der Waals surface area contributed by atoms with Crippen molar-refractivity contribution >= 4 is 5.91 Å². The lowest BCUT2D eigenvalue weighted by Gasteiger charge is -2.03. The first-order valence-corrected chi connectivity index (χ1v) is 6.21. The summed E-state index contributed by atoms with van der Waals surface area (Å²) in [5, 5.41) is 6.49. The molecule has 0 fully saturated rings. The molecule has 0 aromatic carbocycles. The average Bonchev–Trinajstić information content (AvgIpc) is 2.94. The zero-order valence-corrected chi connectivity index (χ0v) is 11.6. The van der Waals surface area contributed by atoms with Gasteiger partial charge in [-0.3, -0.25) is 4.79 Å². The van der Waals surface area contributed by atoms with Gasteiger partial charge in [0.25, 0.3) is 5.91 Å². The van der Waals surface area contributed by atoms with E-state index in [4.69, 9.17) is 9.26 Å². The molecule has 0 aliphatic heterocycles. The molecule has 2 rings (SSSR count). The molecule has 0 saturated heterocycles. The van der Waals surface area contributed by atoms with Crippen LogP contribution in [-0.2, 0) is 6.54 Å². The molecule has 0 bridgehead atoms. The minimum atomic E-state index is -0.254. The first-order valence-electron chi connectivity index (χ1n) is 6.21. The lowest BCUT2D eigenvalue weighted by atomic mass is 10.2. The van der Waals surface area contributed by atoms with Gasteiger partial charge in [-0.15, -0.1) is 0 Å². The summed E-state index contributed by atoms with van der Waals surface area (Å²) < 4.78 is 9.98. The molecule has 0 atom stereocenters. The number of nitrogens with one attached hydrogen (secondary N) is 1. The van der Waals surface area contributed by atoms with Crippen LogP contribution < -0.4 is 10.1 Å². The van der Waals surface area contributed by atoms with Crippen molar-refractivity contribution in [3.63, 3.8) is 0 Å². The number of ether oxygens (including phenoxy) is 1. The summed E-state index contributed by atoms with van der Waals surface area (Å²) in [6.45, 7) is 4.12. The fraction of sp³-hybridized carbons (Fsp3) is 0.385. The van der Waals surface area contributed by atoms with Crippen LogP contribution in [0.2, 0.25) is 0 Å². The lowest BCUT2D eigenvalue weighted by Crippen LogP contribution is -2.23. The molecule has 1 amide bonds. The van der Waals surface area contributed by atoms with Crippen LogP contribution in [0, 0.1) is 0 Å². The summed E-state index contributed by atoms with van der Waals surface area (Å²) in [5.74, 6) is 1.37. The van der Waals surface area contributed by atoms with E-state index < -0.39 is 0 Å². The Labute approximate surface area is 116 Å². The van der Waals surface area contributed by atoms with Gasteiger partial charge in [0.05, 0.1) is 19.2 Å². The zero-order valence-electron chi connectivity index (χ0n) is 11.6. The predicted octanol–water partition coefficient (Wildman–Crippen LogP) is 1.53. The van der Waals surface area contributed by atoms with Gasteiger partial charge in [-0.2, -0.15) is 4.98 Å². The van der Waals surface area contributed by atoms with Crippen molar-refractivity contribution in [3.8, 4) is 5.88 Å². The number of carbonyl (C=O) groups is 1. The summed E-state index contributed by atoms with van der Waals surface area (Å²) in [4.78, 5) is 20.0. The van der Waals surface area contributed by atoms with Crippen LogP contribution in [0.15, 0.2) is 22.9 Å². The molecule has 0 radical (unpaired) electrons. The van der Waals surface area contributed by atoms with Crippen LogP contribution in [0.25, 0.3) is 0 Å². The number of aromatic nitrogens is 3. The number of methoxy groups -OCH3 is 1. The molecule has 1 N–H and O–H groups in total. The normalized spacial score (nSPS) is 10.6. The van der Waals surface area contributed by atoms with Crippen LogP contribution in [0.3, 0.4) is 0 Å². The Bertz CT molecular complexity index is 578. The Morgan fingerprint density at radius 3 is 2.80 bits per heavy atom. The second kappa shape index (κ2) is 6.14. The summed E-state index contributed by atoms with van der Waals surface area (Å²) in [7, 11) is 1.52. The first kappa shape index (κ1) is 14.0. The number of carbonyl (C=O) groups excluding carboxylic acids is 1. The second-order valence-corrected chi connectivity index (χ2v) is 4.48. The highest BCUT2D eigenvalue weighted by Crippen LogP contribution is 2.11.